The van der Waals surface area contributed by atoms with Crippen LogP contribution in [0.25, 0.3) is 10.2 Å². The summed E-state index contributed by atoms with van der Waals surface area (Å²) in [5.41, 5.74) is 3.57. The molecule has 1 heterocycles. The third-order valence-electron chi connectivity index (χ3n) is 4.93. The van der Waals surface area contributed by atoms with Gasteiger partial charge in [-0.1, -0.05) is 49.4 Å². The van der Waals surface area contributed by atoms with Crippen LogP contribution >= 0.6 is 11.3 Å². The first-order valence-electron chi connectivity index (χ1n) is 10.4. The fraction of sp³-hybridized carbons (Fsp3) is 0.375. The summed E-state index contributed by atoms with van der Waals surface area (Å²) >= 11 is 1.38. The van der Waals surface area contributed by atoms with Crippen molar-refractivity contribution in [3.8, 4) is 0 Å². The van der Waals surface area contributed by atoms with Crippen LogP contribution in [0.5, 0.6) is 0 Å². The molecule has 0 aliphatic rings. The molecule has 0 fully saturated rings. The number of benzene rings is 2. The van der Waals surface area contributed by atoms with Crippen molar-refractivity contribution in [3.05, 3.63) is 64.0 Å². The Labute approximate surface area is 186 Å². The van der Waals surface area contributed by atoms with E-state index in [2.05, 4.69) is 31.0 Å². The normalized spacial score (nSPS) is 12.0. The number of amides is 1. The van der Waals surface area contributed by atoms with Gasteiger partial charge in [-0.15, -0.1) is 0 Å². The molecule has 0 bridgehead atoms. The van der Waals surface area contributed by atoms with Crippen LogP contribution < -0.4 is 4.80 Å². The number of nitrogens with zero attached hydrogens (tertiary/aromatic N) is 2. The average Bonchev–Trinajstić information content (AvgIpc) is 3.08. The zero-order valence-corrected chi connectivity index (χ0v) is 19.2. The average molecular weight is 441 g/mol. The number of carbonyl (C=O) groups is 2. The van der Waals surface area contributed by atoms with Crippen LogP contribution in [-0.2, 0) is 27.2 Å². The first kappa shape index (κ1) is 22.9. The highest BCUT2D eigenvalue weighted by Gasteiger charge is 2.13. The van der Waals surface area contributed by atoms with Crippen LogP contribution in [0.3, 0.4) is 0 Å². The van der Waals surface area contributed by atoms with Gasteiger partial charge in [0.15, 0.2) is 4.80 Å². The Bertz CT molecular complexity index is 1130. The summed E-state index contributed by atoms with van der Waals surface area (Å²) in [6.45, 7) is 7.43. The minimum Gasteiger partial charge on any atom is -0.462 e. The van der Waals surface area contributed by atoms with E-state index in [1.54, 1.807) is 26.2 Å². The van der Waals surface area contributed by atoms with Crippen molar-refractivity contribution in [2.75, 3.05) is 20.3 Å². The van der Waals surface area contributed by atoms with E-state index in [0.717, 1.165) is 15.8 Å². The van der Waals surface area contributed by atoms with Crippen molar-refractivity contribution in [2.45, 2.75) is 39.7 Å². The van der Waals surface area contributed by atoms with Gasteiger partial charge in [0.05, 0.1) is 35.4 Å². The quantitative estimate of drug-likeness (QED) is 0.489. The van der Waals surface area contributed by atoms with E-state index in [9.17, 15) is 9.59 Å². The molecular formula is C24H28N2O4S. The Morgan fingerprint density at radius 2 is 1.87 bits per heavy atom. The molecule has 7 heteroatoms. The molecule has 0 aliphatic heterocycles. The minimum atomic E-state index is -0.361. The first-order valence-corrected chi connectivity index (χ1v) is 11.2. The highest BCUT2D eigenvalue weighted by molar-refractivity contribution is 7.16. The van der Waals surface area contributed by atoms with E-state index in [1.165, 1.54) is 16.9 Å². The van der Waals surface area contributed by atoms with Crippen molar-refractivity contribution in [2.24, 2.45) is 4.99 Å². The predicted molar refractivity (Wildman–Crippen MR) is 122 cm³/mol. The fourth-order valence-electron chi connectivity index (χ4n) is 3.24. The third-order valence-corrected chi connectivity index (χ3v) is 5.98. The van der Waals surface area contributed by atoms with Crippen molar-refractivity contribution < 1.29 is 19.1 Å². The molecule has 0 aliphatic carbocycles. The molecule has 164 valence electrons. The van der Waals surface area contributed by atoms with Crippen molar-refractivity contribution >= 4 is 33.4 Å². The molecule has 2 aromatic carbocycles. The topological polar surface area (TPSA) is 69.9 Å². The number of fused-ring (bicyclic) bond motifs is 1. The summed E-state index contributed by atoms with van der Waals surface area (Å²) in [6.07, 6.45) is 0.241. The molecule has 0 saturated heterocycles. The fourth-order valence-corrected chi connectivity index (χ4v) is 4.35. The van der Waals surface area contributed by atoms with Gasteiger partial charge >= 0.3 is 5.97 Å². The van der Waals surface area contributed by atoms with Crippen molar-refractivity contribution in [1.29, 1.82) is 0 Å². The number of esters is 1. The summed E-state index contributed by atoms with van der Waals surface area (Å²) in [7, 11) is 1.64. The molecule has 3 aromatic rings. The van der Waals surface area contributed by atoms with Gasteiger partial charge in [-0.3, -0.25) is 4.79 Å². The highest BCUT2D eigenvalue weighted by Crippen LogP contribution is 2.20. The molecular weight excluding hydrogens is 412 g/mol. The molecule has 0 spiro atoms. The van der Waals surface area contributed by atoms with Crippen molar-refractivity contribution in [3.63, 3.8) is 0 Å². The lowest BCUT2D eigenvalue weighted by Gasteiger charge is -2.06. The van der Waals surface area contributed by atoms with E-state index in [-0.39, 0.29) is 18.3 Å². The largest absolute Gasteiger partial charge is 0.462 e. The van der Waals surface area contributed by atoms with Gasteiger partial charge in [0.2, 0.25) is 0 Å². The second kappa shape index (κ2) is 10.5. The van der Waals surface area contributed by atoms with Gasteiger partial charge in [0.25, 0.3) is 5.91 Å². The maximum atomic E-state index is 12.7. The number of methoxy groups -OCH3 is 1. The zero-order chi connectivity index (χ0) is 22.4. The van der Waals surface area contributed by atoms with Gasteiger partial charge in [-0.25, -0.2) is 4.79 Å². The Hall–Kier alpha value is -2.77. The number of ether oxygens (including phenoxy) is 2. The number of carbonyl (C=O) groups excluding carboxylic acids is 2. The predicted octanol–water partition coefficient (Wildman–Crippen LogP) is 4.32. The summed E-state index contributed by atoms with van der Waals surface area (Å²) in [4.78, 5) is 29.7. The number of rotatable bonds is 8. The van der Waals surface area contributed by atoms with Crippen LogP contribution in [0.4, 0.5) is 0 Å². The minimum absolute atomic E-state index is 0.208. The molecule has 0 atom stereocenters. The van der Waals surface area contributed by atoms with E-state index >= 15 is 0 Å². The molecule has 1 aromatic heterocycles. The first-order chi connectivity index (χ1) is 14.9. The Morgan fingerprint density at radius 3 is 2.52 bits per heavy atom. The Morgan fingerprint density at radius 1 is 1.13 bits per heavy atom. The lowest BCUT2D eigenvalue weighted by Crippen LogP contribution is -2.19. The molecule has 0 unspecified atom stereocenters. The summed E-state index contributed by atoms with van der Waals surface area (Å²) < 4.78 is 13.1. The number of thiazole rings is 1. The highest BCUT2D eigenvalue weighted by atomic mass is 32.1. The van der Waals surface area contributed by atoms with Gasteiger partial charge in [0, 0.05) is 13.7 Å². The molecule has 3 rings (SSSR count). The van der Waals surface area contributed by atoms with Gasteiger partial charge in [0.1, 0.15) is 0 Å². The van der Waals surface area contributed by atoms with E-state index < -0.39 is 0 Å². The maximum Gasteiger partial charge on any atom is 0.338 e. The molecule has 0 N–H and O–H groups in total. The maximum absolute atomic E-state index is 12.7. The number of hydrogen-bond acceptors (Lipinski definition) is 5. The SMILES string of the molecule is CCOC(=O)c1ccc2c(c1)sc(=NC(=O)Cc1ccc(C(C)C)cc1)n2CCOC. The molecule has 1 amide bonds. The number of aromatic nitrogens is 1. The second-order valence-corrected chi connectivity index (χ2v) is 8.52. The van der Waals surface area contributed by atoms with Crippen LogP contribution in [0.15, 0.2) is 47.5 Å². The van der Waals surface area contributed by atoms with Gasteiger partial charge < -0.3 is 14.0 Å². The molecule has 6 nitrogen and oxygen atoms in total. The van der Waals surface area contributed by atoms with E-state index in [4.69, 9.17) is 9.47 Å². The van der Waals surface area contributed by atoms with Crippen LogP contribution in [0.2, 0.25) is 0 Å². The van der Waals surface area contributed by atoms with Gasteiger partial charge in [-0.05, 0) is 42.2 Å². The summed E-state index contributed by atoms with van der Waals surface area (Å²) in [6, 6.07) is 13.5. The van der Waals surface area contributed by atoms with Crippen LogP contribution in [-0.4, -0.2) is 36.8 Å². The Balaban J connectivity index is 1.93. The van der Waals surface area contributed by atoms with Gasteiger partial charge in [-0.2, -0.15) is 4.99 Å². The summed E-state index contributed by atoms with van der Waals surface area (Å²) in [5.74, 6) is -0.117. The molecule has 31 heavy (non-hydrogen) atoms. The van der Waals surface area contributed by atoms with Crippen LogP contribution in [0.1, 0.15) is 48.2 Å². The second-order valence-electron chi connectivity index (χ2n) is 7.51. The standard InChI is InChI=1S/C24H28N2O4S/c1-5-30-23(28)19-10-11-20-21(15-19)31-24(26(20)12-13-29-4)25-22(27)14-17-6-8-18(9-7-17)16(2)3/h6-11,15-16H,5,12-14H2,1-4H3. The number of hydrogen-bond donors (Lipinski definition) is 0. The monoisotopic (exact) mass is 440 g/mol. The molecule has 0 radical (unpaired) electrons. The molecule has 0 saturated carbocycles. The zero-order valence-electron chi connectivity index (χ0n) is 18.4. The van der Waals surface area contributed by atoms with Crippen LogP contribution in [0, 0.1) is 0 Å². The summed E-state index contributed by atoms with van der Waals surface area (Å²) in [5, 5.41) is 0. The third kappa shape index (κ3) is 5.68. The Kier molecular flexibility index (Phi) is 7.76. The lowest BCUT2D eigenvalue weighted by molar-refractivity contribution is -0.117. The lowest BCUT2D eigenvalue weighted by atomic mass is 10.0. The van der Waals surface area contributed by atoms with E-state index in [0.29, 0.717) is 36.0 Å². The van der Waals surface area contributed by atoms with E-state index in [1.807, 2.05) is 22.8 Å². The van der Waals surface area contributed by atoms with Crippen molar-refractivity contribution in [1.82, 2.24) is 4.57 Å². The smallest absolute Gasteiger partial charge is 0.338 e.